The molecule has 0 aliphatic carbocycles. The molecule has 2 N–H and O–H groups in total. The van der Waals surface area contributed by atoms with Gasteiger partial charge in [-0.05, 0) is 29.8 Å². The molecule has 0 spiro atoms. The molecule has 2 aromatic rings. The van der Waals surface area contributed by atoms with E-state index in [0.717, 1.165) is 12.1 Å². The molecule has 0 saturated carbocycles. The molecule has 0 aliphatic rings. The van der Waals surface area contributed by atoms with Gasteiger partial charge in [-0.2, -0.15) is 13.2 Å². The monoisotopic (exact) mass is 299 g/mol. The molecule has 0 fully saturated rings. The Morgan fingerprint density at radius 1 is 1.05 bits per heavy atom. The Bertz CT molecular complexity index is 625. The minimum absolute atomic E-state index is 0.0510. The van der Waals surface area contributed by atoms with E-state index in [1.54, 1.807) is 0 Å². The molecule has 0 saturated heterocycles. The van der Waals surface area contributed by atoms with Crippen molar-refractivity contribution in [1.82, 2.24) is 0 Å². The van der Waals surface area contributed by atoms with Crippen molar-refractivity contribution in [3.05, 3.63) is 65.0 Å². The van der Waals surface area contributed by atoms with E-state index in [1.165, 1.54) is 30.3 Å². The Hall–Kier alpha value is -2.08. The van der Waals surface area contributed by atoms with E-state index in [-0.39, 0.29) is 24.5 Å². The summed E-state index contributed by atoms with van der Waals surface area (Å²) in [5.41, 5.74) is 5.23. The third-order valence-corrected chi connectivity index (χ3v) is 2.93. The van der Waals surface area contributed by atoms with E-state index < -0.39 is 17.6 Å². The standard InChI is InChI=1S/C15H13F4NO/c16-13-5-2-6-14(12(13)8-20)21-9-10-3-1-4-11(7-10)15(17,18)19/h1-7H,8-9,20H2. The average Bonchev–Trinajstić information content (AvgIpc) is 2.44. The van der Waals surface area contributed by atoms with E-state index in [1.807, 2.05) is 0 Å². The molecular formula is C15H13F4NO. The first kappa shape index (κ1) is 15.3. The molecule has 0 aliphatic heterocycles. The summed E-state index contributed by atoms with van der Waals surface area (Å²) in [6.45, 7) is -0.148. The third-order valence-electron chi connectivity index (χ3n) is 2.93. The fourth-order valence-electron chi connectivity index (χ4n) is 1.87. The van der Waals surface area contributed by atoms with Crippen molar-refractivity contribution in [2.45, 2.75) is 19.3 Å². The predicted molar refractivity (Wildman–Crippen MR) is 70.1 cm³/mol. The SMILES string of the molecule is NCc1c(F)cccc1OCc1cccc(C(F)(F)F)c1. The largest absolute Gasteiger partial charge is 0.488 e. The Balaban J connectivity index is 2.16. The zero-order valence-electron chi connectivity index (χ0n) is 11.0. The summed E-state index contributed by atoms with van der Waals surface area (Å²) >= 11 is 0. The molecule has 2 nitrogen and oxygen atoms in total. The molecule has 112 valence electrons. The van der Waals surface area contributed by atoms with Crippen LogP contribution in [-0.4, -0.2) is 0 Å². The number of alkyl halides is 3. The van der Waals surface area contributed by atoms with Crippen LogP contribution in [0.1, 0.15) is 16.7 Å². The Morgan fingerprint density at radius 3 is 2.43 bits per heavy atom. The van der Waals surface area contributed by atoms with E-state index in [2.05, 4.69) is 0 Å². The molecule has 2 rings (SSSR count). The van der Waals surface area contributed by atoms with Crippen LogP contribution in [0.15, 0.2) is 42.5 Å². The van der Waals surface area contributed by atoms with E-state index >= 15 is 0 Å². The molecular weight excluding hydrogens is 286 g/mol. The number of benzene rings is 2. The van der Waals surface area contributed by atoms with Crippen molar-refractivity contribution in [2.75, 3.05) is 0 Å². The summed E-state index contributed by atoms with van der Waals surface area (Å²) in [5.74, 6) is -0.269. The smallest absolute Gasteiger partial charge is 0.416 e. The van der Waals surface area contributed by atoms with Crippen LogP contribution in [0, 0.1) is 5.82 Å². The Labute approximate surface area is 119 Å². The predicted octanol–water partition coefficient (Wildman–Crippen LogP) is 3.88. The highest BCUT2D eigenvalue weighted by Gasteiger charge is 2.30. The van der Waals surface area contributed by atoms with Crippen LogP contribution >= 0.6 is 0 Å². The van der Waals surface area contributed by atoms with Crippen molar-refractivity contribution < 1.29 is 22.3 Å². The number of halogens is 4. The highest BCUT2D eigenvalue weighted by atomic mass is 19.4. The fraction of sp³-hybridized carbons (Fsp3) is 0.200. The van der Waals surface area contributed by atoms with Crippen molar-refractivity contribution in [2.24, 2.45) is 5.73 Å². The van der Waals surface area contributed by atoms with E-state index in [4.69, 9.17) is 10.5 Å². The van der Waals surface area contributed by atoms with Crippen LogP contribution in [0.3, 0.4) is 0 Å². The topological polar surface area (TPSA) is 35.2 Å². The zero-order chi connectivity index (χ0) is 15.5. The number of hydrogen-bond acceptors (Lipinski definition) is 2. The van der Waals surface area contributed by atoms with Crippen LogP contribution < -0.4 is 10.5 Å². The second kappa shape index (κ2) is 6.13. The highest BCUT2D eigenvalue weighted by molar-refractivity contribution is 5.35. The molecule has 0 bridgehead atoms. The van der Waals surface area contributed by atoms with Gasteiger partial charge in [0.2, 0.25) is 0 Å². The summed E-state index contributed by atoms with van der Waals surface area (Å²) in [6.07, 6.45) is -4.41. The third kappa shape index (κ3) is 3.72. The highest BCUT2D eigenvalue weighted by Crippen LogP contribution is 2.30. The van der Waals surface area contributed by atoms with Gasteiger partial charge in [0.1, 0.15) is 18.2 Å². The lowest BCUT2D eigenvalue weighted by molar-refractivity contribution is -0.137. The molecule has 2 aromatic carbocycles. The lowest BCUT2D eigenvalue weighted by Crippen LogP contribution is -2.07. The van der Waals surface area contributed by atoms with E-state index in [0.29, 0.717) is 5.56 Å². The van der Waals surface area contributed by atoms with Gasteiger partial charge < -0.3 is 10.5 Å². The average molecular weight is 299 g/mol. The van der Waals surface area contributed by atoms with Crippen LogP contribution in [0.5, 0.6) is 5.75 Å². The Morgan fingerprint density at radius 2 is 1.76 bits per heavy atom. The van der Waals surface area contributed by atoms with Crippen LogP contribution in [0.2, 0.25) is 0 Å². The van der Waals surface area contributed by atoms with Crippen molar-refractivity contribution in [3.8, 4) is 5.75 Å². The van der Waals surface area contributed by atoms with Crippen LogP contribution in [0.25, 0.3) is 0 Å². The maximum absolute atomic E-state index is 13.5. The number of hydrogen-bond donors (Lipinski definition) is 1. The molecule has 0 amide bonds. The second-order valence-corrected chi connectivity index (χ2v) is 4.41. The normalized spacial score (nSPS) is 11.5. The van der Waals surface area contributed by atoms with Crippen molar-refractivity contribution in [3.63, 3.8) is 0 Å². The molecule has 6 heteroatoms. The Kier molecular flexibility index (Phi) is 4.47. The van der Waals surface area contributed by atoms with Gasteiger partial charge in [0, 0.05) is 12.1 Å². The van der Waals surface area contributed by atoms with Gasteiger partial charge in [-0.1, -0.05) is 18.2 Å². The van der Waals surface area contributed by atoms with E-state index in [9.17, 15) is 17.6 Å². The number of rotatable bonds is 4. The van der Waals surface area contributed by atoms with Gasteiger partial charge in [-0.15, -0.1) is 0 Å². The molecule has 0 aromatic heterocycles. The van der Waals surface area contributed by atoms with Crippen LogP contribution in [-0.2, 0) is 19.3 Å². The summed E-state index contributed by atoms with van der Waals surface area (Å²) < 4.78 is 56.7. The fourth-order valence-corrected chi connectivity index (χ4v) is 1.87. The van der Waals surface area contributed by atoms with Crippen molar-refractivity contribution >= 4 is 0 Å². The lowest BCUT2D eigenvalue weighted by atomic mass is 10.1. The first-order chi connectivity index (χ1) is 9.91. The maximum atomic E-state index is 13.5. The molecule has 0 unspecified atom stereocenters. The molecule has 0 radical (unpaired) electrons. The maximum Gasteiger partial charge on any atom is 0.416 e. The number of nitrogens with two attached hydrogens (primary N) is 1. The number of ether oxygens (including phenoxy) is 1. The van der Waals surface area contributed by atoms with Gasteiger partial charge in [0.05, 0.1) is 5.56 Å². The lowest BCUT2D eigenvalue weighted by Gasteiger charge is -2.12. The molecule has 0 heterocycles. The minimum atomic E-state index is -4.41. The first-order valence-electron chi connectivity index (χ1n) is 6.18. The van der Waals surface area contributed by atoms with Gasteiger partial charge in [0.25, 0.3) is 0 Å². The summed E-state index contributed by atoms with van der Waals surface area (Å²) in [6, 6.07) is 9.03. The zero-order valence-corrected chi connectivity index (χ0v) is 11.0. The van der Waals surface area contributed by atoms with Gasteiger partial charge in [-0.3, -0.25) is 0 Å². The van der Waals surface area contributed by atoms with Gasteiger partial charge in [-0.25, -0.2) is 4.39 Å². The van der Waals surface area contributed by atoms with Crippen molar-refractivity contribution in [1.29, 1.82) is 0 Å². The summed E-state index contributed by atoms with van der Waals surface area (Å²) in [4.78, 5) is 0. The summed E-state index contributed by atoms with van der Waals surface area (Å²) in [5, 5.41) is 0. The minimum Gasteiger partial charge on any atom is -0.488 e. The van der Waals surface area contributed by atoms with Gasteiger partial charge >= 0.3 is 6.18 Å². The first-order valence-corrected chi connectivity index (χ1v) is 6.18. The van der Waals surface area contributed by atoms with Gasteiger partial charge in [0.15, 0.2) is 0 Å². The quantitative estimate of drug-likeness (QED) is 0.870. The van der Waals surface area contributed by atoms with Crippen LogP contribution in [0.4, 0.5) is 17.6 Å². The second-order valence-electron chi connectivity index (χ2n) is 4.41. The molecule has 21 heavy (non-hydrogen) atoms. The molecule has 0 atom stereocenters. The summed E-state index contributed by atoms with van der Waals surface area (Å²) in [7, 11) is 0.